The van der Waals surface area contributed by atoms with E-state index in [1.165, 1.54) is 0 Å². The van der Waals surface area contributed by atoms with Gasteiger partial charge < -0.3 is 10.2 Å². The van der Waals surface area contributed by atoms with Crippen molar-refractivity contribution >= 4 is 17.5 Å². The van der Waals surface area contributed by atoms with Crippen LogP contribution in [-0.4, -0.2) is 29.8 Å². The molecule has 0 aliphatic heterocycles. The van der Waals surface area contributed by atoms with Crippen LogP contribution in [0.25, 0.3) is 0 Å². The van der Waals surface area contributed by atoms with Crippen molar-refractivity contribution in [3.63, 3.8) is 0 Å². The summed E-state index contributed by atoms with van der Waals surface area (Å²) in [5.74, 6) is -0.158. The van der Waals surface area contributed by atoms with Gasteiger partial charge in [-0.25, -0.2) is 0 Å². The third-order valence-electron chi connectivity index (χ3n) is 3.48. The molecule has 0 saturated carbocycles. The summed E-state index contributed by atoms with van der Waals surface area (Å²) in [6.07, 6.45) is 0. The van der Waals surface area contributed by atoms with E-state index >= 15 is 0 Å². The van der Waals surface area contributed by atoms with Gasteiger partial charge in [0.05, 0.1) is 0 Å². The van der Waals surface area contributed by atoms with Crippen LogP contribution in [0.15, 0.2) is 54.6 Å². The molecule has 2 amide bonds. The SMILES string of the molecule is CCN(CC)C(=O)c1ccc(NC(=O)c2ccccc2)cc1. The molecule has 4 nitrogen and oxygen atoms in total. The minimum Gasteiger partial charge on any atom is -0.339 e. The minimum absolute atomic E-state index is 0.00550. The summed E-state index contributed by atoms with van der Waals surface area (Å²) in [6.45, 7) is 5.27. The summed E-state index contributed by atoms with van der Waals surface area (Å²) in [4.78, 5) is 26.0. The molecule has 22 heavy (non-hydrogen) atoms. The molecule has 1 N–H and O–H groups in total. The molecule has 2 rings (SSSR count). The summed E-state index contributed by atoms with van der Waals surface area (Å²) in [7, 11) is 0. The summed E-state index contributed by atoms with van der Waals surface area (Å²) >= 11 is 0. The van der Waals surface area contributed by atoms with Crippen molar-refractivity contribution in [2.45, 2.75) is 13.8 Å². The van der Waals surface area contributed by atoms with Crippen LogP contribution in [0, 0.1) is 0 Å². The van der Waals surface area contributed by atoms with E-state index in [1.807, 2.05) is 32.0 Å². The first-order chi connectivity index (χ1) is 10.7. The van der Waals surface area contributed by atoms with E-state index in [1.54, 1.807) is 41.3 Å². The molecule has 0 unspecified atom stereocenters. The molecule has 0 aromatic heterocycles. The number of benzene rings is 2. The van der Waals surface area contributed by atoms with Gasteiger partial charge in [-0.2, -0.15) is 0 Å². The maximum Gasteiger partial charge on any atom is 0.255 e. The smallest absolute Gasteiger partial charge is 0.255 e. The van der Waals surface area contributed by atoms with Crippen LogP contribution in [-0.2, 0) is 0 Å². The molecular formula is C18H20N2O2. The lowest BCUT2D eigenvalue weighted by Gasteiger charge is -2.18. The number of rotatable bonds is 5. The molecule has 0 aliphatic rings. The average molecular weight is 296 g/mol. The number of nitrogens with one attached hydrogen (secondary N) is 1. The molecule has 0 fully saturated rings. The van der Waals surface area contributed by atoms with Crippen LogP contribution >= 0.6 is 0 Å². The number of hydrogen-bond acceptors (Lipinski definition) is 2. The highest BCUT2D eigenvalue weighted by Gasteiger charge is 2.12. The fourth-order valence-electron chi connectivity index (χ4n) is 2.18. The zero-order valence-corrected chi connectivity index (χ0v) is 12.9. The molecule has 2 aromatic carbocycles. The van der Waals surface area contributed by atoms with Crippen LogP contribution < -0.4 is 5.32 Å². The Morgan fingerprint density at radius 1 is 0.864 bits per heavy atom. The number of amides is 2. The molecule has 0 heterocycles. The van der Waals surface area contributed by atoms with Crippen molar-refractivity contribution in [1.29, 1.82) is 0 Å². The molecule has 0 radical (unpaired) electrons. The Hall–Kier alpha value is -2.62. The lowest BCUT2D eigenvalue weighted by molar-refractivity contribution is 0.0773. The first kappa shape index (κ1) is 15.8. The Balaban J connectivity index is 2.06. The lowest BCUT2D eigenvalue weighted by atomic mass is 10.1. The highest BCUT2D eigenvalue weighted by atomic mass is 16.2. The van der Waals surface area contributed by atoms with Gasteiger partial charge in [0.25, 0.3) is 11.8 Å². The largest absolute Gasteiger partial charge is 0.339 e. The third kappa shape index (κ3) is 3.73. The molecule has 4 heteroatoms. The van der Waals surface area contributed by atoms with Crippen LogP contribution in [0.4, 0.5) is 5.69 Å². The molecule has 0 spiro atoms. The van der Waals surface area contributed by atoms with Crippen LogP contribution in [0.2, 0.25) is 0 Å². The van der Waals surface area contributed by atoms with Gasteiger partial charge in [-0.05, 0) is 50.2 Å². The van der Waals surface area contributed by atoms with E-state index in [2.05, 4.69) is 5.32 Å². The van der Waals surface area contributed by atoms with E-state index in [0.29, 0.717) is 29.9 Å². The van der Waals surface area contributed by atoms with Crippen molar-refractivity contribution in [2.24, 2.45) is 0 Å². The van der Waals surface area contributed by atoms with Gasteiger partial charge in [-0.3, -0.25) is 9.59 Å². The Morgan fingerprint density at radius 2 is 1.45 bits per heavy atom. The number of anilines is 1. The molecule has 114 valence electrons. The number of carbonyl (C=O) groups excluding carboxylic acids is 2. The van der Waals surface area contributed by atoms with Gasteiger partial charge in [0.1, 0.15) is 0 Å². The van der Waals surface area contributed by atoms with Crippen molar-refractivity contribution in [2.75, 3.05) is 18.4 Å². The van der Waals surface area contributed by atoms with Crippen LogP contribution in [0.5, 0.6) is 0 Å². The van der Waals surface area contributed by atoms with Crippen molar-refractivity contribution in [3.05, 3.63) is 65.7 Å². The van der Waals surface area contributed by atoms with Gasteiger partial charge in [0.2, 0.25) is 0 Å². The third-order valence-corrected chi connectivity index (χ3v) is 3.48. The summed E-state index contributed by atoms with van der Waals surface area (Å²) in [6, 6.07) is 16.0. The quantitative estimate of drug-likeness (QED) is 0.919. The monoisotopic (exact) mass is 296 g/mol. The Labute approximate surface area is 130 Å². The van der Waals surface area contributed by atoms with E-state index < -0.39 is 0 Å². The predicted octanol–water partition coefficient (Wildman–Crippen LogP) is 3.42. The molecule has 0 atom stereocenters. The van der Waals surface area contributed by atoms with Gasteiger partial charge in [0, 0.05) is 29.9 Å². The molecule has 0 aliphatic carbocycles. The standard InChI is InChI=1S/C18H20N2O2/c1-3-20(4-2)18(22)15-10-12-16(13-11-15)19-17(21)14-8-6-5-7-9-14/h5-13H,3-4H2,1-2H3,(H,19,21). The first-order valence-electron chi connectivity index (χ1n) is 7.41. The summed E-state index contributed by atoms with van der Waals surface area (Å²) < 4.78 is 0. The summed E-state index contributed by atoms with van der Waals surface area (Å²) in [5, 5.41) is 2.82. The average Bonchev–Trinajstić information content (AvgIpc) is 2.57. The maximum absolute atomic E-state index is 12.2. The van der Waals surface area contributed by atoms with E-state index in [4.69, 9.17) is 0 Å². The van der Waals surface area contributed by atoms with Crippen LogP contribution in [0.3, 0.4) is 0 Å². The Bertz CT molecular complexity index is 632. The van der Waals surface area contributed by atoms with Gasteiger partial charge in [-0.15, -0.1) is 0 Å². The Morgan fingerprint density at radius 3 is 2.00 bits per heavy atom. The number of carbonyl (C=O) groups is 2. The highest BCUT2D eigenvalue weighted by molar-refractivity contribution is 6.04. The predicted molar refractivity (Wildman–Crippen MR) is 88.1 cm³/mol. The first-order valence-corrected chi connectivity index (χ1v) is 7.41. The van der Waals surface area contributed by atoms with Gasteiger partial charge in [0.15, 0.2) is 0 Å². The Kier molecular flexibility index (Phi) is 5.31. The minimum atomic E-state index is -0.164. The molecule has 0 saturated heterocycles. The second-order valence-electron chi connectivity index (χ2n) is 4.87. The number of nitrogens with zero attached hydrogens (tertiary/aromatic N) is 1. The van der Waals surface area contributed by atoms with Gasteiger partial charge >= 0.3 is 0 Å². The topological polar surface area (TPSA) is 49.4 Å². The highest BCUT2D eigenvalue weighted by Crippen LogP contribution is 2.13. The fraction of sp³-hybridized carbons (Fsp3) is 0.222. The van der Waals surface area contributed by atoms with Crippen LogP contribution in [0.1, 0.15) is 34.6 Å². The lowest BCUT2D eigenvalue weighted by Crippen LogP contribution is -2.30. The second kappa shape index (κ2) is 7.41. The van der Waals surface area contributed by atoms with E-state index in [9.17, 15) is 9.59 Å². The maximum atomic E-state index is 12.2. The van der Waals surface area contributed by atoms with Crippen molar-refractivity contribution in [3.8, 4) is 0 Å². The molecular weight excluding hydrogens is 276 g/mol. The van der Waals surface area contributed by atoms with E-state index in [0.717, 1.165) is 0 Å². The molecule has 0 bridgehead atoms. The van der Waals surface area contributed by atoms with Crippen molar-refractivity contribution in [1.82, 2.24) is 4.90 Å². The van der Waals surface area contributed by atoms with Gasteiger partial charge in [-0.1, -0.05) is 18.2 Å². The normalized spacial score (nSPS) is 10.1. The molecule has 2 aromatic rings. The zero-order chi connectivity index (χ0) is 15.9. The zero-order valence-electron chi connectivity index (χ0n) is 12.9. The van der Waals surface area contributed by atoms with E-state index in [-0.39, 0.29) is 11.8 Å². The second-order valence-corrected chi connectivity index (χ2v) is 4.87. The summed E-state index contributed by atoms with van der Waals surface area (Å²) in [5.41, 5.74) is 1.90. The van der Waals surface area contributed by atoms with Crippen molar-refractivity contribution < 1.29 is 9.59 Å². The number of hydrogen-bond donors (Lipinski definition) is 1. The fourth-order valence-corrected chi connectivity index (χ4v) is 2.18.